The molecule has 0 spiro atoms. The first kappa shape index (κ1) is 9.43. The molecular weight excluding hydrogens is 176 g/mol. The third-order valence-electron chi connectivity index (χ3n) is 1.51. The van der Waals surface area contributed by atoms with Crippen molar-refractivity contribution in [1.29, 1.82) is 0 Å². The second kappa shape index (κ2) is 3.83. The predicted octanol–water partition coefficient (Wildman–Crippen LogP) is 0.261. The number of hydrogen-bond acceptors (Lipinski definition) is 3. The van der Waals surface area contributed by atoms with Gasteiger partial charge in [-0.15, -0.1) is 0 Å². The Labute approximate surface area is 74.8 Å². The fraction of sp³-hybridized carbons (Fsp3) is 0.667. The maximum Gasteiger partial charge on any atom is 0.303 e. The van der Waals surface area contributed by atoms with E-state index in [1.807, 2.05) is 13.8 Å². The van der Waals surface area contributed by atoms with Gasteiger partial charge in [-0.25, -0.2) is 10.1 Å². The van der Waals surface area contributed by atoms with Crippen LogP contribution in [0.4, 0.5) is 0 Å². The third-order valence-corrected chi connectivity index (χ3v) is 1.51. The van der Waals surface area contributed by atoms with Crippen LogP contribution in [0.1, 0.15) is 13.8 Å². The molecule has 0 N–H and O–H groups in total. The fourth-order valence-corrected chi connectivity index (χ4v) is 0.866. The first-order valence-electron chi connectivity index (χ1n) is 3.75. The predicted molar refractivity (Wildman–Crippen MR) is 45.8 cm³/mol. The van der Waals surface area contributed by atoms with E-state index in [2.05, 4.69) is 10.1 Å². The minimum absolute atomic E-state index is 0.0659. The lowest BCUT2D eigenvalue weighted by molar-refractivity contribution is -0.485. The van der Waals surface area contributed by atoms with Crippen LogP contribution in [-0.2, 0) is 4.74 Å². The van der Waals surface area contributed by atoms with Gasteiger partial charge in [-0.05, 0) is 13.8 Å². The van der Waals surface area contributed by atoms with Crippen LogP contribution in [0, 0.1) is 10.1 Å². The quantitative estimate of drug-likeness (QED) is 0.457. The Hall–Kier alpha value is -1.66. The average Bonchev–Trinajstić information content (AvgIpc) is 2.03. The minimum Gasteiger partial charge on any atom is -0.462 e. The summed E-state index contributed by atoms with van der Waals surface area (Å²) in [5, 5.41) is 12.5. The van der Waals surface area contributed by atoms with E-state index in [4.69, 9.17) is 4.74 Å². The Morgan fingerprint density at radius 3 is 3.08 bits per heavy atom. The van der Waals surface area contributed by atoms with Crippen molar-refractivity contribution in [3.05, 3.63) is 10.1 Å². The Bertz CT molecular complexity index is 261. The number of hydrazone groups is 1. The average molecular weight is 186 g/mol. The number of nitrogens with zero attached hydrogens (tertiary/aromatic N) is 4. The van der Waals surface area contributed by atoms with Crippen molar-refractivity contribution in [2.45, 2.75) is 19.9 Å². The van der Waals surface area contributed by atoms with Crippen molar-refractivity contribution in [1.82, 2.24) is 4.90 Å². The zero-order chi connectivity index (χ0) is 9.84. The van der Waals surface area contributed by atoms with Gasteiger partial charge in [-0.1, -0.05) is 0 Å². The summed E-state index contributed by atoms with van der Waals surface area (Å²) >= 11 is 0. The van der Waals surface area contributed by atoms with Gasteiger partial charge in [-0.2, -0.15) is 4.99 Å². The van der Waals surface area contributed by atoms with Gasteiger partial charge in [0.1, 0.15) is 5.10 Å². The molecule has 0 aromatic rings. The number of nitro groups is 1. The van der Waals surface area contributed by atoms with Crippen LogP contribution < -0.4 is 0 Å². The van der Waals surface area contributed by atoms with Gasteiger partial charge < -0.3 is 9.64 Å². The van der Waals surface area contributed by atoms with Gasteiger partial charge in [0.25, 0.3) is 0 Å². The van der Waals surface area contributed by atoms with Crippen LogP contribution in [-0.4, -0.2) is 35.1 Å². The van der Waals surface area contributed by atoms with Crippen molar-refractivity contribution in [2.75, 3.05) is 6.73 Å². The molecule has 0 fully saturated rings. The van der Waals surface area contributed by atoms with E-state index in [-0.39, 0.29) is 18.7 Å². The zero-order valence-electron chi connectivity index (χ0n) is 7.38. The largest absolute Gasteiger partial charge is 0.462 e. The molecule has 72 valence electrons. The SMILES string of the molecule is CC(C)N1COC=NC1=N[N+](=O)[O-]. The van der Waals surface area contributed by atoms with Gasteiger partial charge in [0.15, 0.2) is 18.2 Å². The van der Waals surface area contributed by atoms with Crippen LogP contribution >= 0.6 is 0 Å². The lowest BCUT2D eigenvalue weighted by Crippen LogP contribution is -2.40. The van der Waals surface area contributed by atoms with Crippen molar-refractivity contribution in [3.63, 3.8) is 0 Å². The molecule has 1 rings (SSSR count). The van der Waals surface area contributed by atoms with E-state index in [1.54, 1.807) is 4.90 Å². The highest BCUT2D eigenvalue weighted by Gasteiger charge is 2.20. The Morgan fingerprint density at radius 1 is 1.85 bits per heavy atom. The number of hydrogen-bond donors (Lipinski definition) is 0. The molecule has 0 saturated carbocycles. The summed E-state index contributed by atoms with van der Waals surface area (Å²) in [6.07, 6.45) is 1.15. The van der Waals surface area contributed by atoms with Gasteiger partial charge in [0.2, 0.25) is 0 Å². The van der Waals surface area contributed by atoms with Gasteiger partial charge in [-0.3, -0.25) is 0 Å². The second-order valence-electron chi connectivity index (χ2n) is 2.73. The summed E-state index contributed by atoms with van der Waals surface area (Å²) in [5.41, 5.74) is 0. The van der Waals surface area contributed by atoms with E-state index in [0.717, 1.165) is 6.40 Å². The number of guanidine groups is 1. The third kappa shape index (κ3) is 2.39. The van der Waals surface area contributed by atoms with Crippen molar-refractivity contribution < 1.29 is 9.77 Å². The fourth-order valence-electron chi connectivity index (χ4n) is 0.866. The van der Waals surface area contributed by atoms with Crippen molar-refractivity contribution in [3.8, 4) is 0 Å². The highest BCUT2D eigenvalue weighted by molar-refractivity contribution is 5.87. The molecule has 7 nitrogen and oxygen atoms in total. The molecular formula is C6H10N4O3. The normalized spacial score (nSPS) is 19.3. The molecule has 0 bridgehead atoms. The first-order valence-corrected chi connectivity index (χ1v) is 3.75. The van der Waals surface area contributed by atoms with Crippen LogP contribution in [0.25, 0.3) is 0 Å². The molecule has 0 unspecified atom stereocenters. The number of ether oxygens (including phenoxy) is 1. The first-order chi connectivity index (χ1) is 6.11. The van der Waals surface area contributed by atoms with Crippen LogP contribution in [0.5, 0.6) is 0 Å². The molecule has 7 heteroatoms. The lowest BCUT2D eigenvalue weighted by Gasteiger charge is -2.26. The standard InChI is InChI=1S/C6H10N4O3/c1-5(2)9-4-13-3-7-6(9)8-10(11)12/h3,5H,4H2,1-2H3. The molecule has 13 heavy (non-hydrogen) atoms. The molecule has 0 aromatic carbocycles. The molecule has 0 aliphatic carbocycles. The zero-order valence-corrected chi connectivity index (χ0v) is 7.38. The van der Waals surface area contributed by atoms with Gasteiger partial charge >= 0.3 is 5.96 Å². The Balaban J connectivity index is 2.84. The molecule has 0 saturated heterocycles. The maximum absolute atomic E-state index is 10.1. The molecule has 1 heterocycles. The topological polar surface area (TPSA) is 80.3 Å². The molecule has 1 aliphatic rings. The summed E-state index contributed by atoms with van der Waals surface area (Å²) < 4.78 is 4.89. The van der Waals surface area contributed by atoms with Crippen molar-refractivity contribution in [2.24, 2.45) is 10.1 Å². The molecule has 1 aliphatic heterocycles. The highest BCUT2D eigenvalue weighted by atomic mass is 16.7. The van der Waals surface area contributed by atoms with Crippen LogP contribution in [0.2, 0.25) is 0 Å². The maximum atomic E-state index is 10.1. The summed E-state index contributed by atoms with van der Waals surface area (Å²) in [5.74, 6) is 0.0752. The van der Waals surface area contributed by atoms with Crippen molar-refractivity contribution >= 4 is 12.4 Å². The minimum atomic E-state index is -0.770. The van der Waals surface area contributed by atoms with Crippen LogP contribution in [0.3, 0.4) is 0 Å². The Kier molecular flexibility index (Phi) is 2.78. The van der Waals surface area contributed by atoms with E-state index in [1.165, 1.54) is 0 Å². The monoisotopic (exact) mass is 186 g/mol. The molecule has 0 amide bonds. The summed E-state index contributed by atoms with van der Waals surface area (Å²) in [6, 6.07) is 0.0659. The summed E-state index contributed by atoms with van der Waals surface area (Å²) in [7, 11) is 0. The van der Waals surface area contributed by atoms with E-state index in [9.17, 15) is 10.1 Å². The summed E-state index contributed by atoms with van der Waals surface area (Å²) in [4.78, 5) is 15.4. The van der Waals surface area contributed by atoms with Gasteiger partial charge in [0.05, 0.1) is 0 Å². The smallest absolute Gasteiger partial charge is 0.303 e. The molecule has 0 atom stereocenters. The van der Waals surface area contributed by atoms with E-state index >= 15 is 0 Å². The van der Waals surface area contributed by atoms with Crippen LogP contribution in [0.15, 0.2) is 10.1 Å². The Morgan fingerprint density at radius 2 is 2.54 bits per heavy atom. The number of rotatable bonds is 2. The van der Waals surface area contributed by atoms with E-state index in [0.29, 0.717) is 0 Å². The lowest BCUT2D eigenvalue weighted by atomic mass is 10.3. The molecule has 0 radical (unpaired) electrons. The highest BCUT2D eigenvalue weighted by Crippen LogP contribution is 2.05. The van der Waals surface area contributed by atoms with Gasteiger partial charge in [0, 0.05) is 6.04 Å². The summed E-state index contributed by atoms with van der Waals surface area (Å²) in [6.45, 7) is 3.99. The number of aliphatic imine (C=N–C) groups is 1. The molecule has 0 aromatic heterocycles. The van der Waals surface area contributed by atoms with E-state index < -0.39 is 5.03 Å². The second-order valence-corrected chi connectivity index (χ2v) is 2.73.